The number of hydrogen-bond acceptors (Lipinski definition) is 4. The van der Waals surface area contributed by atoms with E-state index in [0.717, 1.165) is 5.56 Å². The largest absolute Gasteiger partial charge is 0.497 e. The molecule has 2 aromatic carbocycles. The van der Waals surface area contributed by atoms with Gasteiger partial charge >= 0.3 is 6.03 Å². The number of primary amides is 1. The highest BCUT2D eigenvalue weighted by Gasteiger charge is 2.11. The first-order valence-corrected chi connectivity index (χ1v) is 7.19. The van der Waals surface area contributed by atoms with E-state index in [1.165, 1.54) is 7.11 Å². The lowest BCUT2D eigenvalue weighted by molar-refractivity contribution is 0.102. The van der Waals surface area contributed by atoms with Gasteiger partial charge in [-0.3, -0.25) is 4.79 Å². The van der Waals surface area contributed by atoms with Gasteiger partial charge in [-0.15, -0.1) is 0 Å². The Hall–Kier alpha value is -3.22. The molecule has 0 aromatic heterocycles. The van der Waals surface area contributed by atoms with Crippen LogP contribution >= 0.6 is 0 Å². The van der Waals surface area contributed by atoms with Crippen LogP contribution in [-0.2, 0) is 6.54 Å². The maximum atomic E-state index is 12.3. The zero-order valence-electron chi connectivity index (χ0n) is 13.5. The molecule has 7 nitrogen and oxygen atoms in total. The number of benzene rings is 2. The molecule has 0 radical (unpaired) electrons. The summed E-state index contributed by atoms with van der Waals surface area (Å²) in [5, 5.41) is 5.28. The van der Waals surface area contributed by atoms with E-state index in [4.69, 9.17) is 15.2 Å². The van der Waals surface area contributed by atoms with Crippen LogP contribution in [0.5, 0.6) is 11.5 Å². The van der Waals surface area contributed by atoms with Gasteiger partial charge in [0.25, 0.3) is 5.91 Å². The third-order valence-electron chi connectivity index (χ3n) is 3.34. The van der Waals surface area contributed by atoms with E-state index < -0.39 is 6.03 Å². The molecule has 0 fully saturated rings. The zero-order chi connectivity index (χ0) is 17.5. The Morgan fingerprint density at radius 2 is 1.75 bits per heavy atom. The first kappa shape index (κ1) is 17.1. The molecule has 0 saturated carbocycles. The fraction of sp³-hybridized carbons (Fsp3) is 0.176. The standard InChI is InChI=1S/C17H19N3O4/c1-23-13-7-8-14(15(9-13)24-2)20-16(21)12-5-3-11(4-6-12)10-19-17(18)22/h3-9H,10H2,1-2H3,(H,20,21)(H3,18,19,22). The fourth-order valence-corrected chi connectivity index (χ4v) is 2.06. The Morgan fingerprint density at radius 1 is 1.04 bits per heavy atom. The summed E-state index contributed by atoms with van der Waals surface area (Å²) >= 11 is 0. The lowest BCUT2D eigenvalue weighted by Gasteiger charge is -2.12. The number of amides is 3. The van der Waals surface area contributed by atoms with Crippen LogP contribution in [0.2, 0.25) is 0 Å². The third-order valence-corrected chi connectivity index (χ3v) is 3.34. The van der Waals surface area contributed by atoms with Crippen LogP contribution in [0.15, 0.2) is 42.5 Å². The molecule has 0 aliphatic rings. The van der Waals surface area contributed by atoms with Gasteiger partial charge in [0, 0.05) is 18.2 Å². The number of nitrogens with one attached hydrogen (secondary N) is 2. The lowest BCUT2D eigenvalue weighted by atomic mass is 10.1. The van der Waals surface area contributed by atoms with Crippen LogP contribution in [0.25, 0.3) is 0 Å². The van der Waals surface area contributed by atoms with Crippen molar-refractivity contribution in [1.82, 2.24) is 5.32 Å². The first-order valence-electron chi connectivity index (χ1n) is 7.19. The quantitative estimate of drug-likeness (QED) is 0.755. The Bertz CT molecular complexity index is 729. The van der Waals surface area contributed by atoms with Gasteiger partial charge in [0.1, 0.15) is 11.5 Å². The summed E-state index contributed by atoms with van der Waals surface area (Å²) in [6.07, 6.45) is 0. The van der Waals surface area contributed by atoms with Crippen LogP contribution in [0.3, 0.4) is 0 Å². The van der Waals surface area contributed by atoms with E-state index in [2.05, 4.69) is 10.6 Å². The van der Waals surface area contributed by atoms with Crippen molar-refractivity contribution in [3.63, 3.8) is 0 Å². The summed E-state index contributed by atoms with van der Waals surface area (Å²) < 4.78 is 10.4. The number of anilines is 1. The summed E-state index contributed by atoms with van der Waals surface area (Å²) in [5.74, 6) is 0.869. The minimum Gasteiger partial charge on any atom is -0.497 e. The maximum absolute atomic E-state index is 12.3. The molecule has 4 N–H and O–H groups in total. The Morgan fingerprint density at radius 3 is 2.33 bits per heavy atom. The van der Waals surface area contributed by atoms with Crippen LogP contribution < -0.4 is 25.8 Å². The van der Waals surface area contributed by atoms with Gasteiger partial charge in [0.2, 0.25) is 0 Å². The van der Waals surface area contributed by atoms with Crippen LogP contribution in [0.4, 0.5) is 10.5 Å². The molecule has 0 aliphatic heterocycles. The molecule has 2 aromatic rings. The van der Waals surface area contributed by atoms with Gasteiger partial charge in [-0.25, -0.2) is 4.79 Å². The minimum absolute atomic E-state index is 0.270. The van der Waals surface area contributed by atoms with E-state index in [1.807, 2.05) is 0 Å². The average Bonchev–Trinajstić information content (AvgIpc) is 2.60. The number of carbonyl (C=O) groups excluding carboxylic acids is 2. The predicted octanol–water partition coefficient (Wildman–Crippen LogP) is 2.12. The van der Waals surface area contributed by atoms with Gasteiger partial charge in [0.15, 0.2) is 0 Å². The fourth-order valence-electron chi connectivity index (χ4n) is 2.06. The van der Waals surface area contributed by atoms with Gasteiger partial charge in [-0.05, 0) is 29.8 Å². The first-order chi connectivity index (χ1) is 11.5. The molecule has 0 bridgehead atoms. The van der Waals surface area contributed by atoms with Gasteiger partial charge < -0.3 is 25.8 Å². The molecule has 0 aliphatic carbocycles. The van der Waals surface area contributed by atoms with E-state index in [1.54, 1.807) is 49.6 Å². The number of urea groups is 1. The molecule has 24 heavy (non-hydrogen) atoms. The number of hydrogen-bond donors (Lipinski definition) is 3. The highest BCUT2D eigenvalue weighted by atomic mass is 16.5. The molecular weight excluding hydrogens is 310 g/mol. The zero-order valence-corrected chi connectivity index (χ0v) is 13.5. The van der Waals surface area contributed by atoms with Crippen molar-refractivity contribution in [3.8, 4) is 11.5 Å². The summed E-state index contributed by atoms with van der Waals surface area (Å²) in [6.45, 7) is 0.309. The number of carbonyl (C=O) groups is 2. The molecule has 0 spiro atoms. The van der Waals surface area contributed by atoms with Crippen molar-refractivity contribution in [2.24, 2.45) is 5.73 Å². The van der Waals surface area contributed by atoms with Crippen LogP contribution in [-0.4, -0.2) is 26.2 Å². The summed E-state index contributed by atoms with van der Waals surface area (Å²) in [5.41, 5.74) is 6.88. The van der Waals surface area contributed by atoms with Crippen LogP contribution in [0.1, 0.15) is 15.9 Å². The molecule has 0 heterocycles. The van der Waals surface area contributed by atoms with Crippen molar-refractivity contribution in [3.05, 3.63) is 53.6 Å². The molecule has 0 unspecified atom stereocenters. The van der Waals surface area contributed by atoms with Crippen molar-refractivity contribution >= 4 is 17.6 Å². The van der Waals surface area contributed by atoms with Gasteiger partial charge in [0.05, 0.1) is 19.9 Å². The lowest BCUT2D eigenvalue weighted by Crippen LogP contribution is -2.28. The summed E-state index contributed by atoms with van der Waals surface area (Å²) in [7, 11) is 3.08. The monoisotopic (exact) mass is 329 g/mol. The number of rotatable bonds is 6. The highest BCUT2D eigenvalue weighted by molar-refractivity contribution is 6.05. The Kier molecular flexibility index (Phi) is 5.62. The summed E-state index contributed by atoms with van der Waals surface area (Å²) in [6, 6.07) is 11.4. The van der Waals surface area contributed by atoms with Crippen molar-refractivity contribution in [2.45, 2.75) is 6.54 Å². The van der Waals surface area contributed by atoms with E-state index in [0.29, 0.717) is 29.3 Å². The number of nitrogens with two attached hydrogens (primary N) is 1. The molecule has 126 valence electrons. The normalized spacial score (nSPS) is 9.92. The molecule has 0 saturated heterocycles. The van der Waals surface area contributed by atoms with E-state index in [9.17, 15) is 9.59 Å². The molecule has 2 rings (SSSR count). The van der Waals surface area contributed by atoms with Crippen molar-refractivity contribution < 1.29 is 19.1 Å². The topological polar surface area (TPSA) is 103 Å². The van der Waals surface area contributed by atoms with Crippen LogP contribution in [0, 0.1) is 0 Å². The maximum Gasteiger partial charge on any atom is 0.312 e. The van der Waals surface area contributed by atoms with E-state index in [-0.39, 0.29) is 5.91 Å². The Balaban J connectivity index is 2.08. The minimum atomic E-state index is -0.594. The number of ether oxygens (including phenoxy) is 2. The van der Waals surface area contributed by atoms with E-state index >= 15 is 0 Å². The van der Waals surface area contributed by atoms with Gasteiger partial charge in [-0.2, -0.15) is 0 Å². The second-order valence-electron chi connectivity index (χ2n) is 4.94. The molecular formula is C17H19N3O4. The predicted molar refractivity (Wildman–Crippen MR) is 90.4 cm³/mol. The molecule has 0 atom stereocenters. The smallest absolute Gasteiger partial charge is 0.312 e. The second kappa shape index (κ2) is 7.87. The highest BCUT2D eigenvalue weighted by Crippen LogP contribution is 2.29. The number of methoxy groups -OCH3 is 2. The van der Waals surface area contributed by atoms with Crippen molar-refractivity contribution in [1.29, 1.82) is 0 Å². The average molecular weight is 329 g/mol. The van der Waals surface area contributed by atoms with Gasteiger partial charge in [-0.1, -0.05) is 12.1 Å². The third kappa shape index (κ3) is 4.39. The second-order valence-corrected chi connectivity index (χ2v) is 4.94. The SMILES string of the molecule is COc1ccc(NC(=O)c2ccc(CNC(N)=O)cc2)c(OC)c1. The molecule has 7 heteroatoms. The summed E-state index contributed by atoms with van der Waals surface area (Å²) in [4.78, 5) is 23.0. The van der Waals surface area contributed by atoms with Crippen molar-refractivity contribution in [2.75, 3.05) is 19.5 Å². The Labute approximate surface area is 139 Å². The molecule has 3 amide bonds.